The fourth-order valence-corrected chi connectivity index (χ4v) is 2.55. The van der Waals surface area contributed by atoms with Crippen LogP contribution < -0.4 is 0 Å². The third-order valence-corrected chi connectivity index (χ3v) is 4.40. The second-order valence-electron chi connectivity index (χ2n) is 4.12. The van der Waals surface area contributed by atoms with Gasteiger partial charge in [-0.1, -0.05) is 23.7 Å². The molecule has 3 aromatic rings. The van der Waals surface area contributed by atoms with Crippen molar-refractivity contribution >= 4 is 34.2 Å². The van der Waals surface area contributed by atoms with E-state index in [1.807, 2.05) is 30.3 Å². The van der Waals surface area contributed by atoms with E-state index in [1.54, 1.807) is 17.1 Å². The number of pyridine rings is 1. The van der Waals surface area contributed by atoms with Gasteiger partial charge in [-0.15, -0.1) is 5.10 Å². The van der Waals surface area contributed by atoms with Crippen molar-refractivity contribution in [2.24, 2.45) is 0 Å². The molecule has 0 N–H and O–H groups in total. The predicted octanol–water partition coefficient (Wildman–Crippen LogP) is 3.04. The van der Waals surface area contributed by atoms with Crippen molar-refractivity contribution in [2.45, 2.75) is 6.54 Å². The summed E-state index contributed by atoms with van der Waals surface area (Å²) in [6, 6.07) is 9.66. The second kappa shape index (κ2) is 5.84. The summed E-state index contributed by atoms with van der Waals surface area (Å²) in [4.78, 5) is 4.09. The van der Waals surface area contributed by atoms with E-state index in [-0.39, 0.29) is 0 Å². The molecular formula is C13H9ClIN5. The highest BCUT2D eigenvalue weighted by molar-refractivity contribution is 14.1. The summed E-state index contributed by atoms with van der Waals surface area (Å²) in [5.74, 6) is 0.650. The number of hydrogen-bond acceptors (Lipinski definition) is 4. The fraction of sp³-hybridized carbons (Fsp3) is 0.0769. The minimum absolute atomic E-state index is 0.554. The molecule has 1 aromatic carbocycles. The Bertz CT molecular complexity index is 729. The first kappa shape index (κ1) is 13.4. The van der Waals surface area contributed by atoms with Crippen LogP contribution in [-0.4, -0.2) is 25.2 Å². The van der Waals surface area contributed by atoms with Gasteiger partial charge in [-0.2, -0.15) is 0 Å². The van der Waals surface area contributed by atoms with E-state index >= 15 is 0 Å². The molecule has 0 bridgehead atoms. The number of aromatic nitrogens is 5. The van der Waals surface area contributed by atoms with Crippen LogP contribution in [0, 0.1) is 3.57 Å². The Labute approximate surface area is 134 Å². The van der Waals surface area contributed by atoms with E-state index in [0.29, 0.717) is 17.4 Å². The van der Waals surface area contributed by atoms with Crippen molar-refractivity contribution in [3.63, 3.8) is 0 Å². The Morgan fingerprint density at radius 2 is 2.10 bits per heavy atom. The Hall–Kier alpha value is -1.54. The van der Waals surface area contributed by atoms with Gasteiger partial charge in [-0.25, -0.2) is 4.68 Å². The molecular weight excluding hydrogens is 389 g/mol. The quantitative estimate of drug-likeness (QED) is 0.638. The van der Waals surface area contributed by atoms with Crippen LogP contribution in [-0.2, 0) is 6.54 Å². The van der Waals surface area contributed by atoms with E-state index in [0.717, 1.165) is 14.7 Å². The Morgan fingerprint density at radius 3 is 2.90 bits per heavy atom. The van der Waals surface area contributed by atoms with E-state index in [1.165, 1.54) is 0 Å². The van der Waals surface area contributed by atoms with Crippen molar-refractivity contribution in [3.8, 4) is 11.4 Å². The van der Waals surface area contributed by atoms with Crippen LogP contribution in [0.3, 0.4) is 0 Å². The summed E-state index contributed by atoms with van der Waals surface area (Å²) in [5, 5.41) is 12.5. The molecule has 0 unspecified atom stereocenters. The molecule has 0 aliphatic heterocycles. The van der Waals surface area contributed by atoms with Crippen molar-refractivity contribution in [2.75, 3.05) is 0 Å². The van der Waals surface area contributed by atoms with Crippen LogP contribution >= 0.6 is 34.2 Å². The second-order valence-corrected chi connectivity index (χ2v) is 5.66. The standard InChI is InChI=1S/C13H9ClIN5/c14-12-10(4-1-5-11(12)15)13-17-18-19-20(13)8-9-3-2-6-16-7-9/h1-7H,8H2. The van der Waals surface area contributed by atoms with Gasteiger partial charge in [0.15, 0.2) is 5.82 Å². The minimum atomic E-state index is 0.554. The van der Waals surface area contributed by atoms with Gasteiger partial charge in [0, 0.05) is 21.5 Å². The van der Waals surface area contributed by atoms with Gasteiger partial charge in [0.25, 0.3) is 0 Å². The van der Waals surface area contributed by atoms with Crippen molar-refractivity contribution in [1.82, 2.24) is 25.2 Å². The van der Waals surface area contributed by atoms with Gasteiger partial charge in [-0.3, -0.25) is 4.98 Å². The number of halogens is 2. The van der Waals surface area contributed by atoms with Gasteiger partial charge in [0.05, 0.1) is 11.6 Å². The minimum Gasteiger partial charge on any atom is -0.264 e. The van der Waals surface area contributed by atoms with Crippen LogP contribution in [0.4, 0.5) is 0 Å². The number of hydrogen-bond donors (Lipinski definition) is 0. The summed E-state index contributed by atoms with van der Waals surface area (Å²) in [6.45, 7) is 0.554. The molecule has 0 amide bonds. The van der Waals surface area contributed by atoms with E-state index in [4.69, 9.17) is 11.6 Å². The summed E-state index contributed by atoms with van der Waals surface area (Å²) in [5.41, 5.74) is 1.86. The zero-order valence-corrected chi connectivity index (χ0v) is 13.2. The molecule has 0 saturated carbocycles. The lowest BCUT2D eigenvalue weighted by Gasteiger charge is -2.07. The normalized spacial score (nSPS) is 10.7. The SMILES string of the molecule is Clc1c(I)cccc1-c1nnnn1Cc1cccnc1. The topological polar surface area (TPSA) is 56.5 Å². The maximum absolute atomic E-state index is 6.33. The lowest BCUT2D eigenvalue weighted by Crippen LogP contribution is -2.05. The predicted molar refractivity (Wildman–Crippen MR) is 84.3 cm³/mol. The molecule has 2 heterocycles. The summed E-state index contributed by atoms with van der Waals surface area (Å²) >= 11 is 8.52. The van der Waals surface area contributed by atoms with E-state index in [9.17, 15) is 0 Å². The summed E-state index contributed by atoms with van der Waals surface area (Å²) < 4.78 is 2.69. The lowest BCUT2D eigenvalue weighted by molar-refractivity contribution is 0.652. The van der Waals surface area contributed by atoms with E-state index in [2.05, 4.69) is 43.1 Å². The fourth-order valence-electron chi connectivity index (χ4n) is 1.85. The third kappa shape index (κ3) is 2.66. The Morgan fingerprint density at radius 1 is 1.20 bits per heavy atom. The molecule has 3 rings (SSSR count). The number of benzene rings is 1. The largest absolute Gasteiger partial charge is 0.264 e. The number of tetrazole rings is 1. The maximum atomic E-state index is 6.33. The molecule has 0 radical (unpaired) electrons. The summed E-state index contributed by atoms with van der Waals surface area (Å²) in [7, 11) is 0. The molecule has 7 heteroatoms. The van der Waals surface area contributed by atoms with Gasteiger partial charge >= 0.3 is 0 Å². The molecule has 2 aromatic heterocycles. The van der Waals surface area contributed by atoms with Crippen LogP contribution in [0.15, 0.2) is 42.7 Å². The van der Waals surface area contributed by atoms with Gasteiger partial charge in [0.1, 0.15) is 0 Å². The zero-order valence-electron chi connectivity index (χ0n) is 10.2. The highest BCUT2D eigenvalue weighted by Crippen LogP contribution is 2.29. The average Bonchev–Trinajstić information content (AvgIpc) is 2.91. The third-order valence-electron chi connectivity index (χ3n) is 2.78. The number of nitrogens with zero attached hydrogens (tertiary/aromatic N) is 5. The van der Waals surface area contributed by atoms with Crippen LogP contribution in [0.1, 0.15) is 5.56 Å². The highest BCUT2D eigenvalue weighted by atomic mass is 127. The number of rotatable bonds is 3. The smallest absolute Gasteiger partial charge is 0.183 e. The van der Waals surface area contributed by atoms with Crippen molar-refractivity contribution < 1.29 is 0 Å². The molecule has 20 heavy (non-hydrogen) atoms. The molecule has 100 valence electrons. The molecule has 0 spiro atoms. The Kier molecular flexibility index (Phi) is 3.93. The summed E-state index contributed by atoms with van der Waals surface area (Å²) in [6.07, 6.45) is 3.53. The molecule has 0 fully saturated rings. The molecule has 0 aliphatic carbocycles. The first-order valence-electron chi connectivity index (χ1n) is 5.85. The first-order chi connectivity index (χ1) is 9.75. The average molecular weight is 398 g/mol. The monoisotopic (exact) mass is 397 g/mol. The van der Waals surface area contributed by atoms with Gasteiger partial charge in [0.2, 0.25) is 0 Å². The maximum Gasteiger partial charge on any atom is 0.183 e. The molecule has 0 atom stereocenters. The molecule has 0 saturated heterocycles. The van der Waals surface area contributed by atoms with Gasteiger partial charge in [-0.05, 0) is 56.8 Å². The highest BCUT2D eigenvalue weighted by Gasteiger charge is 2.14. The Balaban J connectivity index is 2.00. The lowest BCUT2D eigenvalue weighted by atomic mass is 10.2. The van der Waals surface area contributed by atoms with Crippen molar-refractivity contribution in [3.05, 3.63) is 56.9 Å². The zero-order chi connectivity index (χ0) is 13.9. The van der Waals surface area contributed by atoms with Crippen LogP contribution in [0.5, 0.6) is 0 Å². The van der Waals surface area contributed by atoms with Crippen LogP contribution in [0.25, 0.3) is 11.4 Å². The van der Waals surface area contributed by atoms with E-state index < -0.39 is 0 Å². The van der Waals surface area contributed by atoms with Crippen molar-refractivity contribution in [1.29, 1.82) is 0 Å². The molecule has 0 aliphatic rings. The first-order valence-corrected chi connectivity index (χ1v) is 7.31. The molecule has 5 nitrogen and oxygen atoms in total. The van der Waals surface area contributed by atoms with Gasteiger partial charge < -0.3 is 0 Å². The van der Waals surface area contributed by atoms with Crippen LogP contribution in [0.2, 0.25) is 5.02 Å².